The Morgan fingerprint density at radius 1 is 1.12 bits per heavy atom. The predicted octanol–water partition coefficient (Wildman–Crippen LogP) is 1.74. The molecular weight excluding hydrogens is 308 g/mol. The third kappa shape index (κ3) is 2.88. The topological polar surface area (TPSA) is 76.4 Å². The number of carbonyl (C=O) groups is 1. The van der Waals surface area contributed by atoms with Crippen LogP contribution in [-0.4, -0.2) is 63.5 Å². The van der Waals surface area contributed by atoms with Crippen LogP contribution >= 0.6 is 0 Å². The molecule has 1 aliphatic heterocycles. The highest BCUT2D eigenvalue weighted by molar-refractivity contribution is 5.88. The third-order valence-electron chi connectivity index (χ3n) is 4.25. The van der Waals surface area contributed by atoms with Crippen molar-refractivity contribution in [1.82, 2.24) is 24.6 Å². The maximum absolute atomic E-state index is 11.9. The Morgan fingerprint density at radius 2 is 1.83 bits per heavy atom. The number of ether oxygens (including phenoxy) is 1. The van der Waals surface area contributed by atoms with E-state index in [0.29, 0.717) is 19.7 Å². The minimum atomic E-state index is -0.240. The van der Waals surface area contributed by atoms with E-state index in [-0.39, 0.29) is 6.09 Å². The summed E-state index contributed by atoms with van der Waals surface area (Å²) in [4.78, 5) is 25.0. The molecule has 8 nitrogen and oxygen atoms in total. The first kappa shape index (κ1) is 16.5. The summed E-state index contributed by atoms with van der Waals surface area (Å²) in [7, 11) is 0. The summed E-state index contributed by atoms with van der Waals surface area (Å²) >= 11 is 0. The summed E-state index contributed by atoms with van der Waals surface area (Å²) in [6.45, 7) is 11.6. The van der Waals surface area contributed by atoms with E-state index < -0.39 is 0 Å². The zero-order chi connectivity index (χ0) is 17.3. The van der Waals surface area contributed by atoms with E-state index in [4.69, 9.17) is 4.74 Å². The number of aryl methyl sites for hydroxylation is 3. The van der Waals surface area contributed by atoms with Crippen LogP contribution in [0.2, 0.25) is 0 Å². The van der Waals surface area contributed by atoms with Gasteiger partial charge in [-0.2, -0.15) is 5.10 Å². The Labute approximate surface area is 141 Å². The van der Waals surface area contributed by atoms with Gasteiger partial charge in [-0.3, -0.25) is 4.68 Å². The molecule has 24 heavy (non-hydrogen) atoms. The average molecular weight is 332 g/mol. The summed E-state index contributed by atoms with van der Waals surface area (Å²) in [6.07, 6.45) is -0.240. The zero-order valence-corrected chi connectivity index (χ0v) is 14.7. The van der Waals surface area contributed by atoms with Crippen molar-refractivity contribution in [2.75, 3.05) is 37.7 Å². The quantitative estimate of drug-likeness (QED) is 0.852. The van der Waals surface area contributed by atoms with Gasteiger partial charge in [0.15, 0.2) is 5.82 Å². The molecule has 0 aliphatic carbocycles. The minimum Gasteiger partial charge on any atom is -0.450 e. The fourth-order valence-electron chi connectivity index (χ4n) is 3.09. The number of anilines is 1. The molecule has 2 aromatic rings. The molecule has 130 valence electrons. The SMILES string of the molecule is CCOC(=O)N1CCN(c2nc(C)nc3c(C)nn(CC)c23)CC1. The summed E-state index contributed by atoms with van der Waals surface area (Å²) < 4.78 is 7.04. The molecule has 3 rings (SSSR count). The van der Waals surface area contributed by atoms with E-state index in [1.54, 1.807) is 4.90 Å². The van der Waals surface area contributed by atoms with Gasteiger partial charge in [0.25, 0.3) is 0 Å². The molecule has 1 saturated heterocycles. The molecule has 2 aromatic heterocycles. The van der Waals surface area contributed by atoms with Gasteiger partial charge in [0.05, 0.1) is 12.3 Å². The van der Waals surface area contributed by atoms with Gasteiger partial charge < -0.3 is 14.5 Å². The number of aromatic nitrogens is 4. The fraction of sp³-hybridized carbons (Fsp3) is 0.625. The van der Waals surface area contributed by atoms with Crippen LogP contribution in [0.5, 0.6) is 0 Å². The number of hydrogen-bond acceptors (Lipinski definition) is 6. The summed E-state index contributed by atoms with van der Waals surface area (Å²) in [5.74, 6) is 1.65. The van der Waals surface area contributed by atoms with Gasteiger partial charge in [-0.05, 0) is 27.7 Å². The van der Waals surface area contributed by atoms with E-state index in [2.05, 4.69) is 26.9 Å². The number of rotatable bonds is 3. The monoisotopic (exact) mass is 332 g/mol. The molecule has 0 radical (unpaired) electrons. The lowest BCUT2D eigenvalue weighted by Gasteiger charge is -2.35. The molecule has 0 spiro atoms. The van der Waals surface area contributed by atoms with Gasteiger partial charge in [-0.25, -0.2) is 14.8 Å². The Kier molecular flexibility index (Phi) is 4.55. The van der Waals surface area contributed by atoms with Crippen LogP contribution in [0, 0.1) is 13.8 Å². The minimum absolute atomic E-state index is 0.240. The molecule has 0 bridgehead atoms. The highest BCUT2D eigenvalue weighted by atomic mass is 16.6. The average Bonchev–Trinajstić information content (AvgIpc) is 2.90. The predicted molar refractivity (Wildman–Crippen MR) is 91.3 cm³/mol. The number of amides is 1. The largest absolute Gasteiger partial charge is 0.450 e. The van der Waals surface area contributed by atoms with Crippen LogP contribution in [0.15, 0.2) is 0 Å². The van der Waals surface area contributed by atoms with Crippen molar-refractivity contribution in [3.8, 4) is 0 Å². The van der Waals surface area contributed by atoms with Crippen LogP contribution in [0.3, 0.4) is 0 Å². The van der Waals surface area contributed by atoms with Crippen LogP contribution in [-0.2, 0) is 11.3 Å². The number of nitrogens with zero attached hydrogens (tertiary/aromatic N) is 6. The first-order valence-corrected chi connectivity index (χ1v) is 8.43. The molecule has 0 aromatic carbocycles. The number of fused-ring (bicyclic) bond motifs is 1. The maximum Gasteiger partial charge on any atom is 0.409 e. The van der Waals surface area contributed by atoms with Crippen LogP contribution in [0.1, 0.15) is 25.4 Å². The second kappa shape index (κ2) is 6.62. The fourth-order valence-corrected chi connectivity index (χ4v) is 3.09. The highest BCUT2D eigenvalue weighted by Crippen LogP contribution is 2.27. The Bertz CT molecular complexity index is 749. The van der Waals surface area contributed by atoms with Crippen molar-refractivity contribution in [1.29, 1.82) is 0 Å². The van der Waals surface area contributed by atoms with Crippen molar-refractivity contribution >= 4 is 22.9 Å². The van der Waals surface area contributed by atoms with Gasteiger partial charge in [0.2, 0.25) is 0 Å². The molecule has 8 heteroatoms. The number of hydrogen-bond donors (Lipinski definition) is 0. The van der Waals surface area contributed by atoms with E-state index >= 15 is 0 Å². The molecule has 0 atom stereocenters. The smallest absolute Gasteiger partial charge is 0.409 e. The molecule has 1 aliphatic rings. The lowest BCUT2D eigenvalue weighted by atomic mass is 10.2. The summed E-state index contributed by atoms with van der Waals surface area (Å²) in [6, 6.07) is 0. The highest BCUT2D eigenvalue weighted by Gasteiger charge is 2.26. The van der Waals surface area contributed by atoms with E-state index in [1.807, 2.05) is 25.5 Å². The van der Waals surface area contributed by atoms with Crippen molar-refractivity contribution in [2.24, 2.45) is 0 Å². The molecule has 0 N–H and O–H groups in total. The molecule has 1 fully saturated rings. The number of piperazine rings is 1. The molecular formula is C16H24N6O2. The zero-order valence-electron chi connectivity index (χ0n) is 14.7. The van der Waals surface area contributed by atoms with Gasteiger partial charge in [-0.1, -0.05) is 0 Å². The van der Waals surface area contributed by atoms with Crippen LogP contribution < -0.4 is 4.90 Å². The molecule has 3 heterocycles. The Morgan fingerprint density at radius 3 is 2.46 bits per heavy atom. The number of carbonyl (C=O) groups excluding carboxylic acids is 1. The van der Waals surface area contributed by atoms with Crippen molar-refractivity contribution in [2.45, 2.75) is 34.2 Å². The summed E-state index contributed by atoms with van der Waals surface area (Å²) in [5.41, 5.74) is 2.81. The van der Waals surface area contributed by atoms with Crippen molar-refractivity contribution in [3.05, 3.63) is 11.5 Å². The summed E-state index contributed by atoms with van der Waals surface area (Å²) in [5, 5.41) is 4.58. The van der Waals surface area contributed by atoms with Gasteiger partial charge in [-0.15, -0.1) is 0 Å². The van der Waals surface area contributed by atoms with Gasteiger partial charge in [0.1, 0.15) is 16.9 Å². The van der Waals surface area contributed by atoms with Gasteiger partial charge in [0, 0.05) is 32.7 Å². The first-order valence-electron chi connectivity index (χ1n) is 8.43. The molecule has 0 saturated carbocycles. The first-order chi connectivity index (χ1) is 11.5. The second-order valence-corrected chi connectivity index (χ2v) is 5.87. The Hall–Kier alpha value is -2.38. The van der Waals surface area contributed by atoms with E-state index in [1.165, 1.54) is 0 Å². The lowest BCUT2D eigenvalue weighted by Crippen LogP contribution is -2.49. The van der Waals surface area contributed by atoms with Crippen LogP contribution in [0.25, 0.3) is 11.0 Å². The maximum atomic E-state index is 11.9. The van der Waals surface area contributed by atoms with Gasteiger partial charge >= 0.3 is 6.09 Å². The van der Waals surface area contributed by atoms with Crippen molar-refractivity contribution in [3.63, 3.8) is 0 Å². The third-order valence-corrected chi connectivity index (χ3v) is 4.25. The second-order valence-electron chi connectivity index (χ2n) is 5.87. The normalized spacial score (nSPS) is 15.2. The van der Waals surface area contributed by atoms with Crippen molar-refractivity contribution < 1.29 is 9.53 Å². The lowest BCUT2D eigenvalue weighted by molar-refractivity contribution is 0.105. The Balaban J connectivity index is 1.89. The van der Waals surface area contributed by atoms with Crippen LogP contribution in [0.4, 0.5) is 10.6 Å². The molecule has 1 amide bonds. The standard InChI is InChI=1S/C16H24N6O2/c1-5-22-14-13(11(3)19-22)17-12(4)18-15(14)20-7-9-21(10-8-20)16(23)24-6-2/h5-10H2,1-4H3. The molecule has 0 unspecified atom stereocenters. The van der Waals surface area contributed by atoms with E-state index in [0.717, 1.165) is 48.0 Å². The van der Waals surface area contributed by atoms with E-state index in [9.17, 15) is 4.79 Å².